The van der Waals surface area contributed by atoms with Gasteiger partial charge in [0.25, 0.3) is 0 Å². The zero-order valence-corrected chi connectivity index (χ0v) is 14.5. The number of hydroxylamine groups is 2. The predicted octanol–water partition coefficient (Wildman–Crippen LogP) is 4.00. The minimum absolute atomic E-state index is 0.0879. The minimum Gasteiger partial charge on any atom is -0.476 e. The summed E-state index contributed by atoms with van der Waals surface area (Å²) in [5, 5.41) is 2.75. The molecule has 4 nitrogen and oxygen atoms in total. The molecule has 0 bridgehead atoms. The molecule has 0 radical (unpaired) electrons. The molecule has 2 aliphatic heterocycles. The van der Waals surface area contributed by atoms with Crippen LogP contribution in [0.2, 0.25) is 5.02 Å². The summed E-state index contributed by atoms with van der Waals surface area (Å²) in [4.78, 5) is 10.7. The molecule has 22 heavy (non-hydrogen) atoms. The molecule has 0 spiro atoms. The van der Waals surface area contributed by atoms with E-state index < -0.39 is 0 Å². The molecule has 1 fully saturated rings. The van der Waals surface area contributed by atoms with Crippen molar-refractivity contribution in [2.75, 3.05) is 6.61 Å². The second-order valence-electron chi connectivity index (χ2n) is 7.57. The fraction of sp³-hybridized carbons (Fsp3) is 0.588. The standard InChI is InChI=1S/C17H23ClN2O2/c1-16(2,3)20-13(11-6-8-12(18)9-7-11)14(22-20)15-19-17(4,5)10-21-15/h6-9,13-14H,10H2,1-5H3/t13-,14-/m0/s1. The second kappa shape index (κ2) is 5.22. The Labute approximate surface area is 137 Å². The Kier molecular flexibility index (Phi) is 3.75. The molecule has 0 aromatic heterocycles. The van der Waals surface area contributed by atoms with Crippen molar-refractivity contribution in [2.45, 2.75) is 57.8 Å². The van der Waals surface area contributed by atoms with Crippen LogP contribution in [-0.4, -0.2) is 34.7 Å². The number of nitrogens with zero attached hydrogens (tertiary/aromatic N) is 2. The average molecular weight is 323 g/mol. The van der Waals surface area contributed by atoms with Gasteiger partial charge in [-0.1, -0.05) is 23.7 Å². The Balaban J connectivity index is 1.90. The molecule has 0 N–H and O–H groups in total. The summed E-state index contributed by atoms with van der Waals surface area (Å²) >= 11 is 6.01. The van der Waals surface area contributed by atoms with Gasteiger partial charge in [-0.15, -0.1) is 0 Å². The molecule has 3 rings (SSSR count). The first-order valence-electron chi connectivity index (χ1n) is 7.61. The van der Waals surface area contributed by atoms with Crippen LogP contribution in [0.4, 0.5) is 0 Å². The Morgan fingerprint density at radius 1 is 1.23 bits per heavy atom. The van der Waals surface area contributed by atoms with E-state index in [0.717, 1.165) is 10.6 Å². The topological polar surface area (TPSA) is 34.1 Å². The number of aliphatic imine (C=N–C) groups is 1. The first kappa shape index (κ1) is 15.8. The van der Waals surface area contributed by atoms with Crippen LogP contribution in [0.25, 0.3) is 0 Å². The van der Waals surface area contributed by atoms with Crippen molar-refractivity contribution in [2.24, 2.45) is 4.99 Å². The summed E-state index contributed by atoms with van der Waals surface area (Å²) < 4.78 is 5.78. The maximum atomic E-state index is 6.02. The molecular formula is C17H23ClN2O2. The van der Waals surface area contributed by atoms with E-state index >= 15 is 0 Å². The highest BCUT2D eigenvalue weighted by Gasteiger charge is 2.52. The highest BCUT2D eigenvalue weighted by molar-refractivity contribution is 6.30. The quantitative estimate of drug-likeness (QED) is 0.825. The third kappa shape index (κ3) is 2.87. The fourth-order valence-corrected chi connectivity index (χ4v) is 2.92. The maximum Gasteiger partial charge on any atom is 0.218 e. The molecule has 1 aromatic carbocycles. The summed E-state index contributed by atoms with van der Waals surface area (Å²) in [6, 6.07) is 8.00. The highest BCUT2D eigenvalue weighted by atomic mass is 35.5. The monoisotopic (exact) mass is 322 g/mol. The average Bonchev–Trinajstić information content (AvgIpc) is 2.69. The first-order valence-corrected chi connectivity index (χ1v) is 7.99. The number of ether oxygens (including phenoxy) is 1. The van der Waals surface area contributed by atoms with Gasteiger partial charge >= 0.3 is 0 Å². The van der Waals surface area contributed by atoms with Gasteiger partial charge in [0.2, 0.25) is 5.90 Å². The lowest BCUT2D eigenvalue weighted by Crippen LogP contribution is -2.61. The van der Waals surface area contributed by atoms with Crippen molar-refractivity contribution in [3.63, 3.8) is 0 Å². The number of hydrogen-bond donors (Lipinski definition) is 0. The summed E-state index contributed by atoms with van der Waals surface area (Å²) in [6.45, 7) is 11.1. The molecular weight excluding hydrogens is 300 g/mol. The Morgan fingerprint density at radius 2 is 1.86 bits per heavy atom. The zero-order valence-electron chi connectivity index (χ0n) is 13.8. The Bertz CT molecular complexity index is 590. The van der Waals surface area contributed by atoms with Crippen molar-refractivity contribution >= 4 is 17.5 Å². The van der Waals surface area contributed by atoms with Gasteiger partial charge in [0.1, 0.15) is 6.61 Å². The summed E-state index contributed by atoms with van der Waals surface area (Å²) in [6.07, 6.45) is -0.165. The molecule has 2 aliphatic rings. The highest BCUT2D eigenvalue weighted by Crippen LogP contribution is 2.43. The Hall–Kier alpha value is -1.10. The maximum absolute atomic E-state index is 6.02. The van der Waals surface area contributed by atoms with Gasteiger partial charge in [-0.25, -0.2) is 4.99 Å². The van der Waals surface area contributed by atoms with Crippen molar-refractivity contribution in [1.29, 1.82) is 0 Å². The van der Waals surface area contributed by atoms with Crippen LogP contribution in [0.3, 0.4) is 0 Å². The fourth-order valence-electron chi connectivity index (χ4n) is 2.79. The molecule has 2 atom stereocenters. The van der Waals surface area contributed by atoms with Crippen LogP contribution < -0.4 is 0 Å². The summed E-state index contributed by atoms with van der Waals surface area (Å²) in [7, 11) is 0. The SMILES string of the molecule is CC1(C)COC([C@H]2ON(C(C)(C)C)[C@H]2c2ccc(Cl)cc2)=N1. The number of rotatable bonds is 2. The molecule has 0 saturated carbocycles. The zero-order chi connectivity index (χ0) is 16.1. The van der Waals surface area contributed by atoms with Crippen LogP contribution in [0.15, 0.2) is 29.3 Å². The molecule has 1 aromatic rings. The molecule has 0 aliphatic carbocycles. The summed E-state index contributed by atoms with van der Waals surface area (Å²) in [5.74, 6) is 0.699. The van der Waals surface area contributed by atoms with Gasteiger partial charge in [-0.2, -0.15) is 5.06 Å². The molecule has 5 heteroatoms. The van der Waals surface area contributed by atoms with E-state index in [2.05, 4.69) is 39.6 Å². The van der Waals surface area contributed by atoms with Crippen molar-refractivity contribution < 1.29 is 9.57 Å². The van der Waals surface area contributed by atoms with E-state index in [1.807, 2.05) is 29.3 Å². The molecule has 0 unspecified atom stereocenters. The van der Waals surface area contributed by atoms with Crippen molar-refractivity contribution in [3.05, 3.63) is 34.9 Å². The lowest BCUT2D eigenvalue weighted by molar-refractivity contribution is -0.358. The number of hydrogen-bond acceptors (Lipinski definition) is 4. The largest absolute Gasteiger partial charge is 0.476 e. The lowest BCUT2D eigenvalue weighted by Gasteiger charge is -2.52. The number of halogens is 1. The van der Waals surface area contributed by atoms with E-state index in [1.165, 1.54) is 0 Å². The minimum atomic E-state index is -0.175. The van der Waals surface area contributed by atoms with Gasteiger partial charge in [-0.05, 0) is 52.3 Å². The van der Waals surface area contributed by atoms with E-state index in [1.54, 1.807) is 0 Å². The third-order valence-electron chi connectivity index (χ3n) is 3.87. The van der Waals surface area contributed by atoms with Crippen LogP contribution in [0.1, 0.15) is 46.2 Å². The van der Waals surface area contributed by atoms with E-state index in [-0.39, 0.29) is 23.2 Å². The van der Waals surface area contributed by atoms with E-state index in [9.17, 15) is 0 Å². The molecule has 2 heterocycles. The van der Waals surface area contributed by atoms with Gasteiger partial charge in [0.05, 0.1) is 11.6 Å². The number of benzene rings is 1. The van der Waals surface area contributed by atoms with Crippen molar-refractivity contribution in [3.8, 4) is 0 Å². The smallest absolute Gasteiger partial charge is 0.218 e. The van der Waals surface area contributed by atoms with Crippen LogP contribution >= 0.6 is 11.6 Å². The van der Waals surface area contributed by atoms with Crippen molar-refractivity contribution in [1.82, 2.24) is 5.06 Å². The normalized spacial score (nSPS) is 28.0. The molecule has 0 amide bonds. The lowest BCUT2D eigenvalue weighted by atomic mass is 9.93. The third-order valence-corrected chi connectivity index (χ3v) is 4.12. The van der Waals surface area contributed by atoms with Crippen LogP contribution in [0.5, 0.6) is 0 Å². The molecule has 120 valence electrons. The van der Waals surface area contributed by atoms with Gasteiger partial charge in [0, 0.05) is 10.6 Å². The second-order valence-corrected chi connectivity index (χ2v) is 8.01. The van der Waals surface area contributed by atoms with Gasteiger partial charge < -0.3 is 4.74 Å². The predicted molar refractivity (Wildman–Crippen MR) is 88.1 cm³/mol. The van der Waals surface area contributed by atoms with Gasteiger partial charge in [-0.3, -0.25) is 4.84 Å². The molecule has 1 saturated heterocycles. The van der Waals surface area contributed by atoms with E-state index in [4.69, 9.17) is 21.2 Å². The van der Waals surface area contributed by atoms with Crippen LogP contribution in [0, 0.1) is 0 Å². The van der Waals surface area contributed by atoms with Gasteiger partial charge in [0.15, 0.2) is 6.10 Å². The van der Waals surface area contributed by atoms with E-state index in [0.29, 0.717) is 12.5 Å². The Morgan fingerprint density at radius 3 is 2.36 bits per heavy atom. The van der Waals surface area contributed by atoms with Crippen LogP contribution in [-0.2, 0) is 9.57 Å². The summed E-state index contributed by atoms with van der Waals surface area (Å²) in [5.41, 5.74) is 0.882. The first-order chi connectivity index (χ1) is 10.2.